The molecule has 0 spiro atoms. The zero-order valence-electron chi connectivity index (χ0n) is 23.3. The van der Waals surface area contributed by atoms with Crippen molar-refractivity contribution in [2.24, 2.45) is 11.8 Å². The highest BCUT2D eigenvalue weighted by Crippen LogP contribution is 2.19. The van der Waals surface area contributed by atoms with Crippen LogP contribution in [-0.2, 0) is 29.0 Å². The van der Waals surface area contributed by atoms with Crippen LogP contribution in [0, 0.1) is 11.8 Å². The Morgan fingerprint density at radius 1 is 0.526 bits per heavy atom. The highest BCUT2D eigenvalue weighted by atomic mass is 17.2. The largest absolute Gasteiger partial charge is 0.513 e. The minimum absolute atomic E-state index is 0.286. The van der Waals surface area contributed by atoms with Gasteiger partial charge in [-0.2, -0.15) is 0 Å². The van der Waals surface area contributed by atoms with Gasteiger partial charge in [-0.15, -0.1) is 9.78 Å². The third kappa shape index (κ3) is 9.46. The zero-order chi connectivity index (χ0) is 28.4. The first-order chi connectivity index (χ1) is 17.9. The van der Waals surface area contributed by atoms with Gasteiger partial charge < -0.3 is 9.47 Å². The average molecular weight is 531 g/mol. The molecule has 0 amide bonds. The molecule has 0 saturated heterocycles. The molecule has 0 aliphatic heterocycles. The normalized spacial score (nSPS) is 12.9. The molecule has 38 heavy (non-hydrogen) atoms. The van der Waals surface area contributed by atoms with E-state index in [-0.39, 0.29) is 23.0 Å². The fourth-order valence-electron chi connectivity index (χ4n) is 3.04. The van der Waals surface area contributed by atoms with Crippen molar-refractivity contribution in [2.45, 2.75) is 79.8 Å². The van der Waals surface area contributed by atoms with Crippen molar-refractivity contribution in [3.63, 3.8) is 0 Å². The van der Waals surface area contributed by atoms with Crippen molar-refractivity contribution >= 4 is 18.1 Å². The minimum Gasteiger partial charge on any atom is -0.400 e. The van der Waals surface area contributed by atoms with Crippen molar-refractivity contribution in [1.29, 1.82) is 0 Å². The third-order valence-corrected chi connectivity index (χ3v) is 5.58. The molecule has 0 bridgehead atoms. The molecule has 208 valence electrons. The van der Waals surface area contributed by atoms with E-state index in [9.17, 15) is 14.4 Å². The first-order valence-corrected chi connectivity index (χ1v) is 12.7. The summed E-state index contributed by atoms with van der Waals surface area (Å²) in [4.78, 5) is 57.0. The van der Waals surface area contributed by atoms with Crippen LogP contribution in [0.25, 0.3) is 0 Å². The van der Waals surface area contributed by atoms with Crippen LogP contribution in [-0.4, -0.2) is 30.7 Å². The second-order valence-electron chi connectivity index (χ2n) is 10.2. The van der Waals surface area contributed by atoms with Crippen LogP contribution in [0.5, 0.6) is 0 Å². The maximum absolute atomic E-state index is 12.4. The summed E-state index contributed by atoms with van der Waals surface area (Å²) in [5, 5.41) is 0. The molecule has 0 heterocycles. The summed E-state index contributed by atoms with van der Waals surface area (Å²) in [5.41, 5.74) is 2.72. The van der Waals surface area contributed by atoms with E-state index in [4.69, 9.17) is 29.0 Å². The van der Waals surface area contributed by atoms with Crippen molar-refractivity contribution < 1.29 is 43.4 Å². The number of rotatable bonds is 12. The van der Waals surface area contributed by atoms with E-state index in [2.05, 4.69) is 0 Å². The molecule has 2 rings (SSSR count). The number of carbonyl (C=O) groups excluding carboxylic acids is 3. The lowest BCUT2D eigenvalue weighted by molar-refractivity contribution is -0.357. The Morgan fingerprint density at radius 2 is 0.842 bits per heavy atom. The minimum atomic E-state index is -1.25. The van der Waals surface area contributed by atoms with Crippen LogP contribution in [0.4, 0.5) is 4.79 Å². The summed E-state index contributed by atoms with van der Waals surface area (Å²) in [5.74, 6) is -1.61. The Balaban J connectivity index is 1.90. The lowest BCUT2D eigenvalue weighted by Gasteiger charge is -2.23. The SMILES string of the molecule is CC(C)c1ccc(C(=O)OOC(OC(=O)OC(OOC(=O)c2ccc(C(C)C)cc2)C(C)C)C(C)C)cc1. The van der Waals surface area contributed by atoms with Crippen LogP contribution in [0.3, 0.4) is 0 Å². The molecule has 0 aliphatic carbocycles. The standard InChI is InChI=1S/C29H38O9/c1-17(2)21-9-13-23(14-10-21)25(30)35-37-27(19(5)6)33-29(32)34-28(20(7)8)38-36-26(31)24-15-11-22(12-16-24)18(3)4/h9-20,27-28H,1-8H3. The van der Waals surface area contributed by atoms with Gasteiger partial charge >= 0.3 is 18.1 Å². The predicted molar refractivity (Wildman–Crippen MR) is 139 cm³/mol. The van der Waals surface area contributed by atoms with E-state index in [1.54, 1.807) is 52.0 Å². The molecule has 2 aromatic carbocycles. The molecule has 9 nitrogen and oxygen atoms in total. The van der Waals surface area contributed by atoms with Gasteiger partial charge in [-0.25, -0.2) is 14.4 Å². The zero-order valence-corrected chi connectivity index (χ0v) is 23.3. The smallest absolute Gasteiger partial charge is 0.400 e. The molecule has 0 radical (unpaired) electrons. The van der Waals surface area contributed by atoms with Gasteiger partial charge in [0, 0.05) is 11.8 Å². The number of ether oxygens (including phenoxy) is 2. The van der Waals surface area contributed by atoms with E-state index in [0.29, 0.717) is 11.8 Å². The van der Waals surface area contributed by atoms with Gasteiger partial charge in [-0.3, -0.25) is 9.78 Å². The van der Waals surface area contributed by atoms with Gasteiger partial charge in [0.2, 0.25) is 0 Å². The van der Waals surface area contributed by atoms with Gasteiger partial charge in [0.1, 0.15) is 0 Å². The number of benzene rings is 2. The monoisotopic (exact) mass is 530 g/mol. The van der Waals surface area contributed by atoms with Crippen LogP contribution in [0.2, 0.25) is 0 Å². The lowest BCUT2D eigenvalue weighted by Crippen LogP contribution is -2.33. The Hall–Kier alpha value is -3.43. The van der Waals surface area contributed by atoms with Crippen molar-refractivity contribution in [3.8, 4) is 0 Å². The van der Waals surface area contributed by atoms with Crippen LogP contribution in [0.1, 0.15) is 99.1 Å². The molecule has 2 unspecified atom stereocenters. The molecule has 0 saturated carbocycles. The average Bonchev–Trinajstić information content (AvgIpc) is 2.88. The van der Waals surface area contributed by atoms with E-state index >= 15 is 0 Å². The van der Waals surface area contributed by atoms with E-state index in [1.807, 2.05) is 52.0 Å². The first kappa shape index (κ1) is 30.8. The van der Waals surface area contributed by atoms with Crippen molar-refractivity contribution in [3.05, 3.63) is 70.8 Å². The summed E-state index contributed by atoms with van der Waals surface area (Å²) >= 11 is 0. The lowest BCUT2D eigenvalue weighted by atomic mass is 10.0. The quantitative estimate of drug-likeness (QED) is 0.125. The van der Waals surface area contributed by atoms with Gasteiger partial charge in [0.25, 0.3) is 12.6 Å². The molecule has 0 N–H and O–H groups in total. The van der Waals surface area contributed by atoms with Gasteiger partial charge in [-0.1, -0.05) is 79.7 Å². The maximum atomic E-state index is 12.4. The van der Waals surface area contributed by atoms with Crippen LogP contribution in [0.15, 0.2) is 48.5 Å². The predicted octanol–water partition coefficient (Wildman–Crippen LogP) is 6.93. The topological polar surface area (TPSA) is 107 Å². The Labute approximate surface area is 224 Å². The Morgan fingerprint density at radius 3 is 1.11 bits per heavy atom. The molecule has 0 fully saturated rings. The molecule has 2 atom stereocenters. The summed E-state index contributed by atoms with van der Waals surface area (Å²) in [7, 11) is 0. The molecule has 2 aromatic rings. The van der Waals surface area contributed by atoms with Gasteiger partial charge in [-0.05, 0) is 47.2 Å². The molecular weight excluding hydrogens is 492 g/mol. The van der Waals surface area contributed by atoms with E-state index in [1.165, 1.54) is 0 Å². The Bertz CT molecular complexity index is 957. The molecule has 9 heteroatoms. The van der Waals surface area contributed by atoms with Crippen molar-refractivity contribution in [1.82, 2.24) is 0 Å². The molecule has 0 aromatic heterocycles. The highest BCUT2D eigenvalue weighted by molar-refractivity contribution is 5.89. The van der Waals surface area contributed by atoms with Crippen LogP contribution < -0.4 is 0 Å². The number of carbonyl (C=O) groups is 3. The summed E-state index contributed by atoms with van der Waals surface area (Å²) in [6.07, 6.45) is -3.66. The fourth-order valence-corrected chi connectivity index (χ4v) is 3.04. The Kier molecular flexibility index (Phi) is 11.7. The van der Waals surface area contributed by atoms with Gasteiger partial charge in [0.05, 0.1) is 11.1 Å². The fraction of sp³-hybridized carbons (Fsp3) is 0.483. The summed E-state index contributed by atoms with van der Waals surface area (Å²) in [6.45, 7) is 15.0. The van der Waals surface area contributed by atoms with Gasteiger partial charge in [0.15, 0.2) is 0 Å². The third-order valence-electron chi connectivity index (χ3n) is 5.58. The number of hydrogen-bond donors (Lipinski definition) is 0. The molecular formula is C29H38O9. The van der Waals surface area contributed by atoms with Crippen LogP contribution >= 0.6 is 0 Å². The first-order valence-electron chi connectivity index (χ1n) is 12.7. The number of hydrogen-bond acceptors (Lipinski definition) is 9. The highest BCUT2D eigenvalue weighted by Gasteiger charge is 2.28. The molecule has 0 aliphatic rings. The van der Waals surface area contributed by atoms with E-state index < -0.39 is 30.7 Å². The second-order valence-corrected chi connectivity index (χ2v) is 10.2. The summed E-state index contributed by atoms with van der Waals surface area (Å²) in [6, 6.07) is 13.8. The van der Waals surface area contributed by atoms with E-state index in [0.717, 1.165) is 11.1 Å². The van der Waals surface area contributed by atoms with Crippen molar-refractivity contribution in [2.75, 3.05) is 0 Å². The summed E-state index contributed by atoms with van der Waals surface area (Å²) < 4.78 is 10.4. The maximum Gasteiger partial charge on any atom is 0.513 e. The second kappa shape index (κ2) is 14.5.